The van der Waals surface area contributed by atoms with Crippen LogP contribution in [0.5, 0.6) is 0 Å². The van der Waals surface area contributed by atoms with E-state index in [1.165, 1.54) is 4.90 Å². The first-order valence-corrected chi connectivity index (χ1v) is 6.27. The number of anilines is 1. The van der Waals surface area contributed by atoms with Crippen molar-refractivity contribution < 1.29 is 9.59 Å². The number of aromatic nitrogens is 1. The molecule has 0 radical (unpaired) electrons. The average Bonchev–Trinajstić information content (AvgIpc) is 2.73. The predicted octanol–water partition coefficient (Wildman–Crippen LogP) is 1.92. The van der Waals surface area contributed by atoms with Crippen LogP contribution in [0.15, 0.2) is 42.7 Å². The molecule has 1 aliphatic heterocycles. The fourth-order valence-electron chi connectivity index (χ4n) is 2.26. The van der Waals surface area contributed by atoms with E-state index in [-0.39, 0.29) is 18.4 Å². The van der Waals surface area contributed by atoms with Crippen molar-refractivity contribution in [2.75, 3.05) is 12.4 Å². The minimum atomic E-state index is -0.258. The van der Waals surface area contributed by atoms with E-state index in [1.807, 2.05) is 6.07 Å². The monoisotopic (exact) mass is 267 g/mol. The average molecular weight is 267 g/mol. The van der Waals surface area contributed by atoms with Gasteiger partial charge in [0.15, 0.2) is 0 Å². The third-order valence-electron chi connectivity index (χ3n) is 3.32. The normalized spacial score (nSPS) is 13.6. The molecule has 2 amide bonds. The maximum atomic E-state index is 12.3. The Bertz CT molecular complexity index is 683. The van der Waals surface area contributed by atoms with Gasteiger partial charge in [-0.05, 0) is 29.8 Å². The van der Waals surface area contributed by atoms with Gasteiger partial charge in [0.1, 0.15) is 0 Å². The number of pyridine rings is 1. The van der Waals surface area contributed by atoms with E-state index in [0.29, 0.717) is 11.1 Å². The first-order chi connectivity index (χ1) is 9.70. The number of carbonyl (C=O) groups is 2. The molecule has 0 spiro atoms. The fraction of sp³-hybridized carbons (Fsp3) is 0.133. The van der Waals surface area contributed by atoms with Gasteiger partial charge >= 0.3 is 0 Å². The lowest BCUT2D eigenvalue weighted by molar-refractivity contribution is 0.0642. The van der Waals surface area contributed by atoms with Crippen molar-refractivity contribution in [3.63, 3.8) is 0 Å². The van der Waals surface area contributed by atoms with Crippen molar-refractivity contribution >= 4 is 17.5 Å². The van der Waals surface area contributed by atoms with Crippen LogP contribution in [-0.4, -0.2) is 28.7 Å². The quantitative estimate of drug-likeness (QED) is 0.863. The molecule has 0 unspecified atom stereocenters. The third kappa shape index (κ3) is 1.93. The minimum Gasteiger partial charge on any atom is -0.388 e. The Hall–Kier alpha value is -2.69. The van der Waals surface area contributed by atoms with Crippen molar-refractivity contribution in [1.82, 2.24) is 9.88 Å². The number of nitrogens with one attached hydrogen (secondary N) is 1. The Morgan fingerprint density at radius 2 is 1.95 bits per heavy atom. The molecule has 20 heavy (non-hydrogen) atoms. The number of carbonyl (C=O) groups excluding carboxylic acids is 2. The highest BCUT2D eigenvalue weighted by atomic mass is 16.2. The zero-order valence-electron chi connectivity index (χ0n) is 11.0. The highest BCUT2D eigenvalue weighted by Gasteiger charge is 2.35. The number of amides is 2. The molecule has 2 heterocycles. The second-order valence-electron chi connectivity index (χ2n) is 4.57. The van der Waals surface area contributed by atoms with Gasteiger partial charge in [0.2, 0.25) is 0 Å². The lowest BCUT2D eigenvalue weighted by Gasteiger charge is -2.13. The summed E-state index contributed by atoms with van der Waals surface area (Å²) in [6.07, 6.45) is 3.31. The van der Waals surface area contributed by atoms with Gasteiger partial charge in [-0.3, -0.25) is 19.5 Å². The summed E-state index contributed by atoms with van der Waals surface area (Å²) in [5, 5.41) is 2.96. The fourth-order valence-corrected chi connectivity index (χ4v) is 2.26. The van der Waals surface area contributed by atoms with Crippen LogP contribution >= 0.6 is 0 Å². The molecule has 2 aromatic rings. The van der Waals surface area contributed by atoms with Crippen LogP contribution in [0.2, 0.25) is 0 Å². The Balaban J connectivity index is 1.93. The minimum absolute atomic E-state index is 0.245. The molecule has 0 fully saturated rings. The highest BCUT2D eigenvalue weighted by molar-refractivity contribution is 6.21. The van der Waals surface area contributed by atoms with Crippen molar-refractivity contribution in [2.45, 2.75) is 6.54 Å². The van der Waals surface area contributed by atoms with Crippen molar-refractivity contribution in [3.8, 4) is 0 Å². The van der Waals surface area contributed by atoms with E-state index in [4.69, 9.17) is 0 Å². The first-order valence-electron chi connectivity index (χ1n) is 6.27. The molecule has 5 heteroatoms. The van der Waals surface area contributed by atoms with Gasteiger partial charge in [0, 0.05) is 25.1 Å². The Morgan fingerprint density at radius 3 is 2.65 bits per heavy atom. The van der Waals surface area contributed by atoms with Crippen LogP contribution < -0.4 is 5.32 Å². The molecule has 1 N–H and O–H groups in total. The van der Waals surface area contributed by atoms with Crippen LogP contribution in [0.1, 0.15) is 26.3 Å². The van der Waals surface area contributed by atoms with E-state index in [1.54, 1.807) is 43.7 Å². The molecule has 1 aromatic carbocycles. The molecular formula is C15H13N3O2. The number of hydrogen-bond acceptors (Lipinski definition) is 4. The van der Waals surface area contributed by atoms with Gasteiger partial charge in [-0.15, -0.1) is 0 Å². The molecule has 0 saturated heterocycles. The summed E-state index contributed by atoms with van der Waals surface area (Å²) in [6.45, 7) is 0.245. The number of nitrogens with zero attached hydrogens (tertiary/aromatic N) is 2. The largest absolute Gasteiger partial charge is 0.388 e. The third-order valence-corrected chi connectivity index (χ3v) is 3.32. The summed E-state index contributed by atoms with van der Waals surface area (Å²) in [7, 11) is 1.77. The van der Waals surface area contributed by atoms with Gasteiger partial charge in [0.25, 0.3) is 11.8 Å². The summed E-state index contributed by atoms with van der Waals surface area (Å²) in [5.41, 5.74) is 2.55. The number of rotatable bonds is 3. The Morgan fingerprint density at radius 1 is 1.15 bits per heavy atom. The SMILES string of the molecule is CNc1ccc2c(c1)C(=O)N(Cc1cccnc1)C2=O. The molecular weight excluding hydrogens is 254 g/mol. The highest BCUT2D eigenvalue weighted by Crippen LogP contribution is 2.26. The topological polar surface area (TPSA) is 62.3 Å². The molecule has 1 aliphatic rings. The Kier molecular flexibility index (Phi) is 2.95. The van der Waals surface area contributed by atoms with Gasteiger partial charge in [0.05, 0.1) is 17.7 Å². The van der Waals surface area contributed by atoms with Gasteiger partial charge in [-0.2, -0.15) is 0 Å². The first kappa shape index (κ1) is 12.3. The molecule has 0 bridgehead atoms. The molecule has 3 rings (SSSR count). The predicted molar refractivity (Wildman–Crippen MR) is 74.4 cm³/mol. The Labute approximate surface area is 116 Å². The van der Waals surface area contributed by atoms with E-state index < -0.39 is 0 Å². The maximum absolute atomic E-state index is 12.3. The lowest BCUT2D eigenvalue weighted by Crippen LogP contribution is -2.29. The van der Waals surface area contributed by atoms with Crippen LogP contribution in [0.3, 0.4) is 0 Å². The van der Waals surface area contributed by atoms with Crippen LogP contribution in [0.25, 0.3) is 0 Å². The number of imide groups is 1. The summed E-state index contributed by atoms with van der Waals surface area (Å²) in [5.74, 6) is -0.512. The van der Waals surface area contributed by atoms with Crippen LogP contribution in [0, 0.1) is 0 Å². The van der Waals surface area contributed by atoms with Crippen molar-refractivity contribution in [1.29, 1.82) is 0 Å². The molecule has 0 aliphatic carbocycles. The summed E-state index contributed by atoms with van der Waals surface area (Å²) in [6, 6.07) is 8.81. The van der Waals surface area contributed by atoms with E-state index in [2.05, 4.69) is 10.3 Å². The molecule has 0 saturated carbocycles. The number of fused-ring (bicyclic) bond motifs is 1. The lowest BCUT2D eigenvalue weighted by atomic mass is 10.1. The van der Waals surface area contributed by atoms with Crippen molar-refractivity contribution in [2.24, 2.45) is 0 Å². The molecule has 1 aromatic heterocycles. The van der Waals surface area contributed by atoms with Crippen LogP contribution in [0.4, 0.5) is 5.69 Å². The second-order valence-corrected chi connectivity index (χ2v) is 4.57. The van der Waals surface area contributed by atoms with E-state index in [9.17, 15) is 9.59 Å². The molecule has 5 nitrogen and oxygen atoms in total. The molecule has 0 atom stereocenters. The zero-order valence-corrected chi connectivity index (χ0v) is 11.0. The van der Waals surface area contributed by atoms with E-state index in [0.717, 1.165) is 11.3 Å². The summed E-state index contributed by atoms with van der Waals surface area (Å²) >= 11 is 0. The smallest absolute Gasteiger partial charge is 0.261 e. The second kappa shape index (κ2) is 4.77. The van der Waals surface area contributed by atoms with Crippen LogP contribution in [-0.2, 0) is 6.54 Å². The standard InChI is InChI=1S/C15H13N3O2/c1-16-11-4-5-12-13(7-11)15(20)18(14(12)19)9-10-3-2-6-17-8-10/h2-8,16H,9H2,1H3. The summed E-state index contributed by atoms with van der Waals surface area (Å²) in [4.78, 5) is 29.9. The van der Waals surface area contributed by atoms with Gasteiger partial charge < -0.3 is 5.32 Å². The van der Waals surface area contributed by atoms with Crippen molar-refractivity contribution in [3.05, 3.63) is 59.4 Å². The van der Waals surface area contributed by atoms with Gasteiger partial charge in [-0.25, -0.2) is 0 Å². The molecule has 100 valence electrons. The number of benzene rings is 1. The maximum Gasteiger partial charge on any atom is 0.261 e. The van der Waals surface area contributed by atoms with Gasteiger partial charge in [-0.1, -0.05) is 6.07 Å². The van der Waals surface area contributed by atoms with E-state index >= 15 is 0 Å². The number of hydrogen-bond donors (Lipinski definition) is 1. The zero-order chi connectivity index (χ0) is 14.1. The summed E-state index contributed by atoms with van der Waals surface area (Å²) < 4.78 is 0.